The quantitative estimate of drug-likeness (QED) is 0.925. The van der Waals surface area contributed by atoms with Crippen LogP contribution in [0.4, 0.5) is 0 Å². The highest BCUT2D eigenvalue weighted by molar-refractivity contribution is 6.30. The monoisotopic (exact) mass is 281 g/mol. The van der Waals surface area contributed by atoms with Gasteiger partial charge in [0.05, 0.1) is 11.6 Å². The molecule has 1 unspecified atom stereocenters. The van der Waals surface area contributed by atoms with Gasteiger partial charge >= 0.3 is 0 Å². The van der Waals surface area contributed by atoms with Crippen LogP contribution in [0.5, 0.6) is 0 Å². The number of hydrogen-bond acceptors (Lipinski definition) is 2. The lowest BCUT2D eigenvalue weighted by Gasteiger charge is -2.33. The summed E-state index contributed by atoms with van der Waals surface area (Å²) >= 11 is 5.83. The zero-order chi connectivity index (χ0) is 14.0. The first-order valence-electron chi connectivity index (χ1n) is 6.64. The van der Waals surface area contributed by atoms with E-state index in [-0.39, 0.29) is 5.91 Å². The van der Waals surface area contributed by atoms with E-state index in [4.69, 9.17) is 11.6 Å². The number of likely N-dealkylation sites (tertiary alicyclic amines) is 1. The molecule has 0 saturated carbocycles. The number of rotatable bonds is 3. The Balaban J connectivity index is 1.93. The Morgan fingerprint density at radius 1 is 1.42 bits per heavy atom. The third-order valence-electron chi connectivity index (χ3n) is 3.98. The minimum absolute atomic E-state index is 0.108. The molecule has 19 heavy (non-hydrogen) atoms. The summed E-state index contributed by atoms with van der Waals surface area (Å²) in [6.07, 6.45) is 1.42. The standard InChI is InChI=1S/C15H20ClNO2/c1-15(2)13(18)9-10-17(15)14(19)8-5-11-3-6-12(16)7-4-11/h3-4,6-7,13,18H,5,8-10H2,1-2H3. The van der Waals surface area contributed by atoms with Crippen molar-refractivity contribution in [2.24, 2.45) is 0 Å². The van der Waals surface area contributed by atoms with Crippen LogP contribution in [-0.2, 0) is 11.2 Å². The van der Waals surface area contributed by atoms with Gasteiger partial charge in [-0.1, -0.05) is 23.7 Å². The van der Waals surface area contributed by atoms with Crippen LogP contribution >= 0.6 is 11.6 Å². The smallest absolute Gasteiger partial charge is 0.223 e. The Bertz CT molecular complexity index is 456. The minimum Gasteiger partial charge on any atom is -0.391 e. The van der Waals surface area contributed by atoms with Gasteiger partial charge in [0.15, 0.2) is 0 Å². The molecule has 1 heterocycles. The lowest BCUT2D eigenvalue weighted by molar-refractivity contribution is -0.136. The van der Waals surface area contributed by atoms with Crippen LogP contribution in [0.2, 0.25) is 5.02 Å². The van der Waals surface area contributed by atoms with Gasteiger partial charge in [-0.25, -0.2) is 0 Å². The van der Waals surface area contributed by atoms with E-state index in [0.717, 1.165) is 5.56 Å². The van der Waals surface area contributed by atoms with Gasteiger partial charge in [-0.3, -0.25) is 4.79 Å². The number of aliphatic hydroxyl groups excluding tert-OH is 1. The Morgan fingerprint density at radius 2 is 2.05 bits per heavy atom. The second kappa shape index (κ2) is 5.51. The van der Waals surface area contributed by atoms with Gasteiger partial charge in [0, 0.05) is 18.0 Å². The summed E-state index contributed by atoms with van der Waals surface area (Å²) in [5.74, 6) is 0.108. The lowest BCUT2D eigenvalue weighted by Crippen LogP contribution is -2.48. The maximum Gasteiger partial charge on any atom is 0.223 e. The fourth-order valence-corrected chi connectivity index (χ4v) is 2.68. The molecule has 1 aliphatic rings. The molecule has 0 radical (unpaired) electrons. The van der Waals surface area contributed by atoms with Crippen LogP contribution in [0.15, 0.2) is 24.3 Å². The van der Waals surface area contributed by atoms with E-state index in [9.17, 15) is 9.90 Å². The zero-order valence-corrected chi connectivity index (χ0v) is 12.2. The number of amides is 1. The third kappa shape index (κ3) is 3.10. The molecule has 0 aromatic heterocycles. The predicted octanol–water partition coefficient (Wildman–Crippen LogP) is 2.64. The highest BCUT2D eigenvalue weighted by Crippen LogP contribution is 2.29. The van der Waals surface area contributed by atoms with Crippen molar-refractivity contribution >= 4 is 17.5 Å². The Morgan fingerprint density at radius 3 is 2.58 bits per heavy atom. The maximum atomic E-state index is 12.2. The van der Waals surface area contributed by atoms with Crippen molar-refractivity contribution in [2.75, 3.05) is 6.54 Å². The van der Waals surface area contributed by atoms with Crippen molar-refractivity contribution in [3.63, 3.8) is 0 Å². The molecular weight excluding hydrogens is 262 g/mol. The molecule has 3 nitrogen and oxygen atoms in total. The fraction of sp³-hybridized carbons (Fsp3) is 0.533. The summed E-state index contributed by atoms with van der Waals surface area (Å²) in [6.45, 7) is 4.49. The molecule has 1 N–H and O–H groups in total. The summed E-state index contributed by atoms with van der Waals surface area (Å²) in [7, 11) is 0. The van der Waals surface area contributed by atoms with Crippen molar-refractivity contribution in [1.29, 1.82) is 0 Å². The maximum absolute atomic E-state index is 12.2. The number of aryl methyl sites for hydroxylation is 1. The zero-order valence-electron chi connectivity index (χ0n) is 11.4. The summed E-state index contributed by atoms with van der Waals surface area (Å²) in [4.78, 5) is 14.0. The van der Waals surface area contributed by atoms with Crippen molar-refractivity contribution < 1.29 is 9.90 Å². The Kier molecular flexibility index (Phi) is 4.16. The number of carbonyl (C=O) groups excluding carboxylic acids is 1. The molecular formula is C15H20ClNO2. The molecule has 0 aliphatic carbocycles. The first kappa shape index (κ1) is 14.4. The van der Waals surface area contributed by atoms with E-state index in [1.54, 1.807) is 4.90 Å². The van der Waals surface area contributed by atoms with Crippen LogP contribution in [0, 0.1) is 0 Å². The molecule has 104 valence electrons. The SMILES string of the molecule is CC1(C)C(O)CCN1C(=O)CCc1ccc(Cl)cc1. The molecule has 1 aromatic rings. The predicted molar refractivity (Wildman–Crippen MR) is 76.2 cm³/mol. The van der Waals surface area contributed by atoms with Crippen LogP contribution < -0.4 is 0 Å². The molecule has 4 heteroatoms. The molecule has 1 aliphatic heterocycles. The number of benzene rings is 1. The van der Waals surface area contributed by atoms with Gasteiger partial charge in [-0.15, -0.1) is 0 Å². The van der Waals surface area contributed by atoms with Crippen molar-refractivity contribution in [2.45, 2.75) is 44.8 Å². The van der Waals surface area contributed by atoms with Crippen molar-refractivity contribution in [3.05, 3.63) is 34.9 Å². The number of hydrogen-bond donors (Lipinski definition) is 1. The van der Waals surface area contributed by atoms with E-state index in [0.29, 0.717) is 30.8 Å². The van der Waals surface area contributed by atoms with Crippen molar-refractivity contribution in [3.8, 4) is 0 Å². The lowest BCUT2D eigenvalue weighted by atomic mass is 9.98. The molecule has 1 aromatic carbocycles. The summed E-state index contributed by atoms with van der Waals surface area (Å²) in [5, 5.41) is 10.6. The van der Waals surface area contributed by atoms with E-state index in [1.807, 2.05) is 38.1 Å². The second-order valence-corrected chi connectivity index (χ2v) is 6.07. The summed E-state index contributed by atoms with van der Waals surface area (Å²) in [6, 6.07) is 7.56. The molecule has 1 saturated heterocycles. The van der Waals surface area contributed by atoms with Gasteiger partial charge in [0.1, 0.15) is 0 Å². The topological polar surface area (TPSA) is 40.5 Å². The van der Waals surface area contributed by atoms with E-state index in [1.165, 1.54) is 0 Å². The Labute approximate surface area is 119 Å². The van der Waals surface area contributed by atoms with E-state index < -0.39 is 11.6 Å². The van der Waals surface area contributed by atoms with Gasteiger partial charge in [-0.2, -0.15) is 0 Å². The van der Waals surface area contributed by atoms with Gasteiger partial charge in [-0.05, 0) is 44.4 Å². The first-order valence-corrected chi connectivity index (χ1v) is 7.02. The average molecular weight is 282 g/mol. The number of nitrogens with zero attached hydrogens (tertiary/aromatic N) is 1. The summed E-state index contributed by atoms with van der Waals surface area (Å²) < 4.78 is 0. The highest BCUT2D eigenvalue weighted by atomic mass is 35.5. The molecule has 0 bridgehead atoms. The second-order valence-electron chi connectivity index (χ2n) is 5.63. The highest BCUT2D eigenvalue weighted by Gasteiger charge is 2.42. The third-order valence-corrected chi connectivity index (χ3v) is 4.23. The number of aliphatic hydroxyl groups is 1. The molecule has 2 rings (SSSR count). The van der Waals surface area contributed by atoms with E-state index >= 15 is 0 Å². The average Bonchev–Trinajstić information content (AvgIpc) is 2.63. The molecule has 1 amide bonds. The van der Waals surface area contributed by atoms with Gasteiger partial charge < -0.3 is 10.0 Å². The molecule has 1 atom stereocenters. The van der Waals surface area contributed by atoms with Crippen LogP contribution in [-0.4, -0.2) is 34.1 Å². The van der Waals surface area contributed by atoms with Gasteiger partial charge in [0.2, 0.25) is 5.91 Å². The van der Waals surface area contributed by atoms with Gasteiger partial charge in [0.25, 0.3) is 0 Å². The number of carbonyl (C=O) groups is 1. The van der Waals surface area contributed by atoms with Crippen LogP contribution in [0.3, 0.4) is 0 Å². The normalized spacial score (nSPS) is 21.7. The summed E-state index contributed by atoms with van der Waals surface area (Å²) in [5.41, 5.74) is 0.659. The van der Waals surface area contributed by atoms with Crippen LogP contribution in [0.1, 0.15) is 32.3 Å². The fourth-order valence-electron chi connectivity index (χ4n) is 2.56. The largest absolute Gasteiger partial charge is 0.391 e. The van der Waals surface area contributed by atoms with E-state index in [2.05, 4.69) is 0 Å². The first-order chi connectivity index (χ1) is 8.91. The van der Waals surface area contributed by atoms with Crippen LogP contribution in [0.25, 0.3) is 0 Å². The molecule has 0 spiro atoms. The van der Waals surface area contributed by atoms with Crippen molar-refractivity contribution in [1.82, 2.24) is 4.90 Å². The molecule has 1 fully saturated rings. The Hall–Kier alpha value is -1.06. The minimum atomic E-state index is -0.447. The number of halogens is 1.